The first-order chi connectivity index (χ1) is 9.67. The molecule has 0 radical (unpaired) electrons. The molecule has 2 atom stereocenters. The topological polar surface area (TPSA) is 51.4 Å². The van der Waals surface area contributed by atoms with Gasteiger partial charge in [0.25, 0.3) is 0 Å². The van der Waals surface area contributed by atoms with E-state index in [0.29, 0.717) is 12.0 Å². The standard InChI is InChI=1S/C16H27N3O/c1-4-19(16-7-5-6-13(16)10-17)11-14-9-15(20-3)8-12(2)18-14/h8-9,13,16H,4-7,10-11,17H2,1-3H3. The number of ether oxygens (including phenoxy) is 1. The summed E-state index contributed by atoms with van der Waals surface area (Å²) in [7, 11) is 1.71. The normalized spacial score (nSPS) is 22.4. The Morgan fingerprint density at radius 3 is 2.85 bits per heavy atom. The molecule has 0 bridgehead atoms. The van der Waals surface area contributed by atoms with Crippen LogP contribution in [-0.4, -0.2) is 36.1 Å². The highest BCUT2D eigenvalue weighted by Crippen LogP contribution is 2.30. The van der Waals surface area contributed by atoms with Gasteiger partial charge in [-0.25, -0.2) is 0 Å². The highest BCUT2D eigenvalue weighted by atomic mass is 16.5. The van der Waals surface area contributed by atoms with Gasteiger partial charge in [0.05, 0.1) is 12.8 Å². The van der Waals surface area contributed by atoms with Crippen molar-refractivity contribution in [2.24, 2.45) is 11.7 Å². The number of hydrogen-bond acceptors (Lipinski definition) is 4. The summed E-state index contributed by atoms with van der Waals surface area (Å²) in [4.78, 5) is 7.16. The summed E-state index contributed by atoms with van der Waals surface area (Å²) in [6.07, 6.45) is 3.83. The molecule has 4 nitrogen and oxygen atoms in total. The number of rotatable bonds is 6. The maximum absolute atomic E-state index is 5.92. The van der Waals surface area contributed by atoms with Crippen molar-refractivity contribution in [2.45, 2.75) is 45.7 Å². The van der Waals surface area contributed by atoms with Gasteiger partial charge in [-0.1, -0.05) is 13.3 Å². The molecule has 0 saturated heterocycles. The molecule has 1 fully saturated rings. The minimum atomic E-state index is 0.610. The van der Waals surface area contributed by atoms with Crippen LogP contribution >= 0.6 is 0 Å². The average molecular weight is 277 g/mol. The second kappa shape index (κ2) is 7.04. The molecule has 1 aliphatic rings. The van der Waals surface area contributed by atoms with Crippen LogP contribution in [0.1, 0.15) is 37.6 Å². The number of methoxy groups -OCH3 is 1. The van der Waals surface area contributed by atoms with Crippen LogP contribution in [0, 0.1) is 12.8 Å². The van der Waals surface area contributed by atoms with E-state index in [2.05, 4.69) is 16.8 Å². The summed E-state index contributed by atoms with van der Waals surface area (Å²) < 4.78 is 5.34. The number of hydrogen-bond donors (Lipinski definition) is 1. The third-order valence-electron chi connectivity index (χ3n) is 4.38. The summed E-state index contributed by atoms with van der Waals surface area (Å²) in [5, 5.41) is 0. The van der Waals surface area contributed by atoms with E-state index in [9.17, 15) is 0 Å². The zero-order chi connectivity index (χ0) is 14.5. The smallest absolute Gasteiger partial charge is 0.122 e. The van der Waals surface area contributed by atoms with Crippen molar-refractivity contribution in [1.29, 1.82) is 0 Å². The van der Waals surface area contributed by atoms with Crippen molar-refractivity contribution in [3.63, 3.8) is 0 Å². The summed E-state index contributed by atoms with van der Waals surface area (Å²) in [6, 6.07) is 4.62. The molecule has 2 rings (SSSR count). The van der Waals surface area contributed by atoms with Gasteiger partial charge in [0.1, 0.15) is 5.75 Å². The van der Waals surface area contributed by atoms with Crippen LogP contribution in [0.4, 0.5) is 0 Å². The minimum absolute atomic E-state index is 0.610. The maximum atomic E-state index is 5.92. The van der Waals surface area contributed by atoms with Gasteiger partial charge in [0.2, 0.25) is 0 Å². The lowest BCUT2D eigenvalue weighted by molar-refractivity contribution is 0.160. The van der Waals surface area contributed by atoms with Crippen LogP contribution < -0.4 is 10.5 Å². The van der Waals surface area contributed by atoms with Gasteiger partial charge in [-0.05, 0) is 38.8 Å². The molecular formula is C16H27N3O. The van der Waals surface area contributed by atoms with Gasteiger partial charge in [0, 0.05) is 30.4 Å². The first-order valence-electron chi connectivity index (χ1n) is 7.63. The Hall–Kier alpha value is -1.13. The molecule has 2 N–H and O–H groups in total. The first kappa shape index (κ1) is 15.3. The lowest BCUT2D eigenvalue weighted by Crippen LogP contribution is -2.40. The molecule has 0 spiro atoms. The number of nitrogens with zero attached hydrogens (tertiary/aromatic N) is 2. The second-order valence-corrected chi connectivity index (χ2v) is 5.70. The Morgan fingerprint density at radius 1 is 1.40 bits per heavy atom. The molecule has 1 aliphatic carbocycles. The van der Waals surface area contributed by atoms with E-state index in [-0.39, 0.29) is 0 Å². The third-order valence-corrected chi connectivity index (χ3v) is 4.38. The molecule has 0 amide bonds. The lowest BCUT2D eigenvalue weighted by atomic mass is 10.0. The number of aryl methyl sites for hydroxylation is 1. The van der Waals surface area contributed by atoms with Crippen molar-refractivity contribution in [3.8, 4) is 5.75 Å². The summed E-state index contributed by atoms with van der Waals surface area (Å²) in [6.45, 7) is 6.96. The van der Waals surface area contributed by atoms with E-state index in [1.165, 1.54) is 19.3 Å². The Balaban J connectivity index is 2.11. The summed E-state index contributed by atoms with van der Waals surface area (Å²) >= 11 is 0. The SMILES string of the molecule is CCN(Cc1cc(OC)cc(C)n1)C1CCCC1CN. The zero-order valence-electron chi connectivity index (χ0n) is 12.9. The summed E-state index contributed by atoms with van der Waals surface area (Å²) in [5.41, 5.74) is 8.02. The molecule has 2 unspecified atom stereocenters. The van der Waals surface area contributed by atoms with E-state index in [4.69, 9.17) is 10.5 Å². The minimum Gasteiger partial charge on any atom is -0.497 e. The van der Waals surface area contributed by atoms with Gasteiger partial charge in [-0.3, -0.25) is 9.88 Å². The monoisotopic (exact) mass is 277 g/mol. The molecule has 112 valence electrons. The second-order valence-electron chi connectivity index (χ2n) is 5.70. The van der Waals surface area contributed by atoms with Crippen molar-refractivity contribution >= 4 is 0 Å². The van der Waals surface area contributed by atoms with Crippen LogP contribution in [0.5, 0.6) is 5.75 Å². The summed E-state index contributed by atoms with van der Waals surface area (Å²) in [5.74, 6) is 1.53. The Labute approximate surface area is 122 Å². The van der Waals surface area contributed by atoms with Crippen LogP contribution in [0.3, 0.4) is 0 Å². The van der Waals surface area contributed by atoms with Crippen molar-refractivity contribution in [1.82, 2.24) is 9.88 Å². The van der Waals surface area contributed by atoms with Crippen LogP contribution in [0.25, 0.3) is 0 Å². The molecular weight excluding hydrogens is 250 g/mol. The molecule has 1 aromatic heterocycles. The van der Waals surface area contributed by atoms with Crippen LogP contribution in [-0.2, 0) is 6.54 Å². The highest BCUT2D eigenvalue weighted by molar-refractivity contribution is 5.26. The zero-order valence-corrected chi connectivity index (χ0v) is 12.9. The molecule has 1 heterocycles. The lowest BCUT2D eigenvalue weighted by Gasteiger charge is -2.31. The van der Waals surface area contributed by atoms with Crippen molar-refractivity contribution in [2.75, 3.05) is 20.2 Å². The van der Waals surface area contributed by atoms with Gasteiger partial charge in [-0.2, -0.15) is 0 Å². The quantitative estimate of drug-likeness (QED) is 0.867. The number of nitrogens with two attached hydrogens (primary N) is 1. The Kier molecular flexibility index (Phi) is 5.38. The first-order valence-corrected chi connectivity index (χ1v) is 7.63. The molecule has 0 aromatic carbocycles. The van der Waals surface area contributed by atoms with Gasteiger partial charge >= 0.3 is 0 Å². The van der Waals surface area contributed by atoms with Crippen LogP contribution in [0.2, 0.25) is 0 Å². The van der Waals surface area contributed by atoms with Gasteiger partial charge in [-0.15, -0.1) is 0 Å². The number of pyridine rings is 1. The van der Waals surface area contributed by atoms with E-state index >= 15 is 0 Å². The largest absolute Gasteiger partial charge is 0.497 e. The third kappa shape index (κ3) is 3.49. The predicted octanol–water partition coefficient (Wildman–Crippen LogP) is 2.35. The maximum Gasteiger partial charge on any atom is 0.122 e. The fourth-order valence-corrected chi connectivity index (χ4v) is 3.35. The molecule has 4 heteroatoms. The number of aromatic nitrogens is 1. The van der Waals surface area contributed by atoms with Gasteiger partial charge < -0.3 is 10.5 Å². The highest BCUT2D eigenvalue weighted by Gasteiger charge is 2.30. The van der Waals surface area contributed by atoms with Crippen molar-refractivity contribution in [3.05, 3.63) is 23.5 Å². The fraction of sp³-hybridized carbons (Fsp3) is 0.688. The Morgan fingerprint density at radius 2 is 2.20 bits per heavy atom. The van der Waals surface area contributed by atoms with E-state index in [0.717, 1.165) is 36.8 Å². The van der Waals surface area contributed by atoms with E-state index in [1.54, 1.807) is 7.11 Å². The molecule has 1 saturated carbocycles. The van der Waals surface area contributed by atoms with Crippen LogP contribution in [0.15, 0.2) is 12.1 Å². The predicted molar refractivity (Wildman–Crippen MR) is 81.8 cm³/mol. The van der Waals surface area contributed by atoms with Crippen molar-refractivity contribution < 1.29 is 4.74 Å². The van der Waals surface area contributed by atoms with E-state index in [1.807, 2.05) is 19.1 Å². The van der Waals surface area contributed by atoms with Gasteiger partial charge in [0.15, 0.2) is 0 Å². The molecule has 1 aromatic rings. The van der Waals surface area contributed by atoms with E-state index < -0.39 is 0 Å². The Bertz CT molecular complexity index is 436. The fourth-order valence-electron chi connectivity index (χ4n) is 3.35. The molecule has 20 heavy (non-hydrogen) atoms. The average Bonchev–Trinajstić information content (AvgIpc) is 2.92. The molecule has 0 aliphatic heterocycles.